The van der Waals surface area contributed by atoms with Gasteiger partial charge in [0.05, 0.1) is 21.3 Å². The smallest absolute Gasteiger partial charge is 1.00 e. The molecule has 0 aliphatic heterocycles. The second kappa shape index (κ2) is 11.0. The number of ether oxygens (including phenoxy) is 3. The molecule has 0 saturated carbocycles. The molecule has 3 rings (SSSR count). The Morgan fingerprint density at radius 3 is 0.929 bits per heavy atom. The van der Waals surface area contributed by atoms with Crippen LogP contribution in [0.25, 0.3) is 0 Å². The molecule has 0 amide bonds. The number of hydrogen-bond donors (Lipinski definition) is 0. The van der Waals surface area contributed by atoms with Crippen LogP contribution < -0.4 is 54.1 Å². The Hall–Kier alpha value is -1.36. The molecule has 0 aromatic heterocycles. The van der Waals surface area contributed by atoms with Crippen molar-refractivity contribution in [1.82, 2.24) is 0 Å². The van der Waals surface area contributed by atoms with E-state index >= 15 is 0 Å². The van der Waals surface area contributed by atoms with Gasteiger partial charge in [-0.25, -0.2) is 0 Å². The molecule has 4 nitrogen and oxygen atoms in total. The summed E-state index contributed by atoms with van der Waals surface area (Å²) in [5.41, 5.74) is 0. The molecule has 0 saturated heterocycles. The first-order valence-corrected chi connectivity index (χ1v) is 9.86. The molecule has 0 N–H and O–H groups in total. The molecule has 0 bridgehead atoms. The molecule has 3 aromatic rings. The van der Waals surface area contributed by atoms with E-state index in [9.17, 15) is 4.57 Å². The minimum atomic E-state index is -3.03. The van der Waals surface area contributed by atoms with Gasteiger partial charge in [0.1, 0.15) is 17.2 Å². The Kier molecular flexibility index (Phi) is 9.69. The molecule has 28 heavy (non-hydrogen) atoms. The molecule has 0 radical (unpaired) electrons. The summed E-state index contributed by atoms with van der Waals surface area (Å²) < 4.78 is 30.0. The first-order valence-electron chi connectivity index (χ1n) is 8.15. The van der Waals surface area contributed by atoms with Crippen LogP contribution in [-0.4, -0.2) is 21.3 Å². The Morgan fingerprint density at radius 2 is 0.750 bits per heavy atom. The molecule has 0 aliphatic carbocycles. The van der Waals surface area contributed by atoms with Gasteiger partial charge in [0.25, 0.3) is 0 Å². The number of methoxy groups -OCH3 is 3. The van der Waals surface area contributed by atoms with Crippen molar-refractivity contribution in [1.29, 1.82) is 0 Å². The summed E-state index contributed by atoms with van der Waals surface area (Å²) >= 11 is 0. The Balaban J connectivity index is 0.00000196. The third-order valence-corrected chi connectivity index (χ3v) is 7.38. The second-order valence-corrected chi connectivity index (χ2v) is 8.47. The predicted molar refractivity (Wildman–Crippen MR) is 105 cm³/mol. The maximum Gasteiger partial charge on any atom is 2.00 e. The van der Waals surface area contributed by atoms with Gasteiger partial charge >= 0.3 is 19.5 Å². The summed E-state index contributed by atoms with van der Waals surface area (Å²) in [5.74, 6) is 2.18. The van der Waals surface area contributed by atoms with Crippen molar-refractivity contribution in [2.24, 2.45) is 0 Å². The van der Waals surface area contributed by atoms with E-state index in [4.69, 9.17) is 14.2 Å². The van der Waals surface area contributed by atoms with Gasteiger partial charge in [0.2, 0.25) is 0 Å². The Bertz CT molecular complexity index is 790. The normalized spacial score (nSPS) is 10.2. The fourth-order valence-electron chi connectivity index (χ4n) is 2.82. The summed E-state index contributed by atoms with van der Waals surface area (Å²) in [4.78, 5) is 0. The number of benzene rings is 3. The molecule has 0 heterocycles. The van der Waals surface area contributed by atoms with Gasteiger partial charge < -0.3 is 42.8 Å². The summed E-state index contributed by atoms with van der Waals surface area (Å²) in [6, 6.07) is 22.1. The molecule has 0 spiro atoms. The van der Waals surface area contributed by atoms with Crippen LogP contribution in [-0.2, 0) is 24.0 Å². The van der Waals surface area contributed by atoms with Gasteiger partial charge in [-0.1, -0.05) is 0 Å². The van der Waals surface area contributed by atoms with Crippen LogP contribution in [0.15, 0.2) is 72.8 Å². The van der Waals surface area contributed by atoms with Crippen LogP contribution in [0.1, 0.15) is 0 Å². The zero-order chi connectivity index (χ0) is 18.6. The number of halogens is 1. The van der Waals surface area contributed by atoms with Gasteiger partial charge in [-0.2, -0.15) is 0 Å². The first-order chi connectivity index (χ1) is 12.6. The van der Waals surface area contributed by atoms with Crippen LogP contribution in [0.5, 0.6) is 17.2 Å². The topological polar surface area (TPSA) is 44.8 Å². The molecule has 7 heteroatoms. The van der Waals surface area contributed by atoms with E-state index in [0.717, 1.165) is 33.2 Å². The van der Waals surface area contributed by atoms with E-state index in [1.54, 1.807) is 21.3 Å². The molecular formula is C21H21IO4PZn+. The zero-order valence-electron chi connectivity index (χ0n) is 16.1. The van der Waals surface area contributed by atoms with E-state index in [-0.39, 0.29) is 43.5 Å². The van der Waals surface area contributed by atoms with Crippen LogP contribution in [0.2, 0.25) is 0 Å². The molecule has 0 atom stereocenters. The largest absolute Gasteiger partial charge is 2.00 e. The van der Waals surface area contributed by atoms with E-state index < -0.39 is 7.14 Å². The third kappa shape index (κ3) is 4.97. The minimum Gasteiger partial charge on any atom is -1.00 e. The summed E-state index contributed by atoms with van der Waals surface area (Å²) in [6.45, 7) is 0. The summed E-state index contributed by atoms with van der Waals surface area (Å²) in [5, 5.41) is 2.23. The van der Waals surface area contributed by atoms with Crippen molar-refractivity contribution < 1.29 is 62.2 Å². The molecular weight excluding hydrogens is 539 g/mol. The van der Waals surface area contributed by atoms with Crippen molar-refractivity contribution in [2.75, 3.05) is 21.3 Å². The maximum atomic E-state index is 14.3. The van der Waals surface area contributed by atoms with Crippen molar-refractivity contribution in [2.45, 2.75) is 0 Å². The van der Waals surface area contributed by atoms with E-state index in [0.29, 0.717) is 0 Å². The third-order valence-electron chi connectivity index (χ3n) is 4.31. The average Bonchev–Trinajstić information content (AvgIpc) is 2.73. The molecule has 142 valence electrons. The van der Waals surface area contributed by atoms with Crippen molar-refractivity contribution >= 4 is 23.1 Å². The predicted octanol–water partition coefficient (Wildman–Crippen LogP) is 0.353. The maximum absolute atomic E-state index is 14.3. The second-order valence-electron chi connectivity index (χ2n) is 5.70. The SMILES string of the molecule is COc1ccc(P(=O)(c2ccc(OC)cc2)c2ccc(OC)cc2)cc1.[I-].[Zn+2]. The Morgan fingerprint density at radius 1 is 0.536 bits per heavy atom. The molecule has 0 unspecified atom stereocenters. The minimum absolute atomic E-state index is 0. The van der Waals surface area contributed by atoms with E-state index in [2.05, 4.69) is 0 Å². The van der Waals surface area contributed by atoms with Crippen LogP contribution >= 0.6 is 7.14 Å². The van der Waals surface area contributed by atoms with Crippen molar-refractivity contribution in [3.8, 4) is 17.2 Å². The molecule has 0 fully saturated rings. The van der Waals surface area contributed by atoms with Gasteiger partial charge in [-0.15, -0.1) is 0 Å². The monoisotopic (exact) mass is 559 g/mol. The number of hydrogen-bond acceptors (Lipinski definition) is 4. The van der Waals surface area contributed by atoms with E-state index in [1.165, 1.54) is 0 Å². The van der Waals surface area contributed by atoms with Gasteiger partial charge in [-0.05, 0) is 72.8 Å². The average molecular weight is 561 g/mol. The van der Waals surface area contributed by atoms with Crippen LogP contribution in [0.4, 0.5) is 0 Å². The zero-order valence-corrected chi connectivity index (χ0v) is 22.1. The Labute approximate surface area is 195 Å². The van der Waals surface area contributed by atoms with Gasteiger partial charge in [-0.3, -0.25) is 0 Å². The van der Waals surface area contributed by atoms with Crippen LogP contribution in [0, 0.1) is 0 Å². The van der Waals surface area contributed by atoms with Gasteiger partial charge in [0.15, 0.2) is 7.14 Å². The van der Waals surface area contributed by atoms with Crippen molar-refractivity contribution in [3.63, 3.8) is 0 Å². The van der Waals surface area contributed by atoms with Crippen LogP contribution in [0.3, 0.4) is 0 Å². The first kappa shape index (κ1) is 24.7. The summed E-state index contributed by atoms with van der Waals surface area (Å²) in [7, 11) is 1.80. The standard InChI is InChI=1S/C21H21O4P.HI.Zn/c1-23-16-4-10-19(11-5-16)26(22,20-12-6-17(24-2)7-13-20)21-14-8-18(25-3)9-15-21;;/h4-15H,1-3H3;1H;/q;;+2/p-1. The van der Waals surface area contributed by atoms with Crippen molar-refractivity contribution in [3.05, 3.63) is 72.8 Å². The number of rotatable bonds is 6. The van der Waals surface area contributed by atoms with Gasteiger partial charge in [0, 0.05) is 15.9 Å². The molecule has 3 aromatic carbocycles. The quantitative estimate of drug-likeness (QED) is 0.248. The fraction of sp³-hybridized carbons (Fsp3) is 0.143. The van der Waals surface area contributed by atoms with E-state index in [1.807, 2.05) is 72.8 Å². The fourth-order valence-corrected chi connectivity index (χ4v) is 5.42. The summed E-state index contributed by atoms with van der Waals surface area (Å²) in [6.07, 6.45) is 0. The molecule has 0 aliphatic rings.